The molecule has 0 saturated carbocycles. The molecule has 1 unspecified atom stereocenters. The maximum absolute atomic E-state index is 13.9. The molecule has 0 aliphatic rings. The van der Waals surface area contributed by atoms with E-state index in [9.17, 15) is 19.3 Å². The lowest BCUT2D eigenvalue weighted by Crippen LogP contribution is -2.30. The van der Waals surface area contributed by atoms with Gasteiger partial charge in [-0.2, -0.15) is 0 Å². The van der Waals surface area contributed by atoms with Gasteiger partial charge in [-0.1, -0.05) is 36.7 Å². The lowest BCUT2D eigenvalue weighted by Gasteiger charge is -2.17. The molecule has 5 nitrogen and oxygen atoms in total. The van der Waals surface area contributed by atoms with Gasteiger partial charge >= 0.3 is 0 Å². The Labute approximate surface area is 143 Å². The summed E-state index contributed by atoms with van der Waals surface area (Å²) in [7, 11) is 0. The Balaban J connectivity index is 2.15. The Morgan fingerprint density at radius 1 is 1.29 bits per heavy atom. The molecule has 1 N–H and O–H groups in total. The van der Waals surface area contributed by atoms with Crippen LogP contribution in [0.3, 0.4) is 0 Å². The molecule has 0 spiro atoms. The highest BCUT2D eigenvalue weighted by Crippen LogP contribution is 2.23. The van der Waals surface area contributed by atoms with Crippen LogP contribution >= 0.6 is 11.6 Å². The number of carbonyl (C=O) groups is 1. The predicted octanol–water partition coefficient (Wildman–Crippen LogP) is 4.20. The lowest BCUT2D eigenvalue weighted by atomic mass is 10.0. The van der Waals surface area contributed by atoms with Crippen molar-refractivity contribution in [2.45, 2.75) is 25.8 Å². The van der Waals surface area contributed by atoms with Crippen molar-refractivity contribution in [3.05, 3.63) is 74.5 Å². The first-order valence-electron chi connectivity index (χ1n) is 7.39. The van der Waals surface area contributed by atoms with Crippen molar-refractivity contribution in [3.63, 3.8) is 0 Å². The standard InChI is InChI=1S/C17H16ClFN2O3/c1-2-15(11-6-8-12(18)9-7-11)20-17(22)10-13-14(19)4-3-5-16(13)21(23)24/h3-9,15H,2,10H2,1H3,(H,20,22). The number of nitrogens with one attached hydrogen (secondary N) is 1. The number of nitrogens with zero attached hydrogens (tertiary/aromatic N) is 1. The van der Waals surface area contributed by atoms with E-state index in [2.05, 4.69) is 5.32 Å². The zero-order chi connectivity index (χ0) is 17.7. The minimum Gasteiger partial charge on any atom is -0.349 e. The van der Waals surface area contributed by atoms with E-state index in [1.165, 1.54) is 12.1 Å². The van der Waals surface area contributed by atoms with Gasteiger partial charge < -0.3 is 5.32 Å². The van der Waals surface area contributed by atoms with Gasteiger partial charge in [0.05, 0.1) is 22.9 Å². The second-order valence-electron chi connectivity index (χ2n) is 5.25. The second kappa shape index (κ2) is 7.88. The molecule has 24 heavy (non-hydrogen) atoms. The Morgan fingerprint density at radius 2 is 1.96 bits per heavy atom. The summed E-state index contributed by atoms with van der Waals surface area (Å²) in [5.41, 5.74) is 0.244. The fourth-order valence-corrected chi connectivity index (χ4v) is 2.54. The first-order valence-corrected chi connectivity index (χ1v) is 7.76. The fourth-order valence-electron chi connectivity index (χ4n) is 2.42. The second-order valence-corrected chi connectivity index (χ2v) is 5.69. The van der Waals surface area contributed by atoms with Crippen LogP contribution in [0.15, 0.2) is 42.5 Å². The zero-order valence-corrected chi connectivity index (χ0v) is 13.7. The molecule has 126 valence electrons. The van der Waals surface area contributed by atoms with Crippen molar-refractivity contribution in [1.29, 1.82) is 0 Å². The predicted molar refractivity (Wildman–Crippen MR) is 89.4 cm³/mol. The van der Waals surface area contributed by atoms with Crippen LogP contribution in [0.1, 0.15) is 30.5 Å². The number of halogens is 2. The van der Waals surface area contributed by atoms with Crippen LogP contribution in [0.2, 0.25) is 5.02 Å². The third-order valence-electron chi connectivity index (χ3n) is 3.64. The van der Waals surface area contributed by atoms with E-state index in [-0.39, 0.29) is 11.6 Å². The summed E-state index contributed by atoms with van der Waals surface area (Å²) < 4.78 is 13.9. The summed E-state index contributed by atoms with van der Waals surface area (Å²) in [6.07, 6.45) is 0.222. The Morgan fingerprint density at radius 3 is 2.54 bits per heavy atom. The third-order valence-corrected chi connectivity index (χ3v) is 3.90. The summed E-state index contributed by atoms with van der Waals surface area (Å²) in [4.78, 5) is 22.5. The van der Waals surface area contributed by atoms with Crippen molar-refractivity contribution in [1.82, 2.24) is 5.32 Å². The van der Waals surface area contributed by atoms with Crippen LogP contribution in [0.4, 0.5) is 10.1 Å². The van der Waals surface area contributed by atoms with E-state index < -0.39 is 28.8 Å². The number of nitro benzene ring substituents is 1. The van der Waals surface area contributed by atoms with E-state index in [0.717, 1.165) is 11.6 Å². The summed E-state index contributed by atoms with van der Waals surface area (Å²) in [6, 6.07) is 10.3. The largest absolute Gasteiger partial charge is 0.349 e. The van der Waals surface area contributed by atoms with Gasteiger partial charge in [0.15, 0.2) is 0 Å². The van der Waals surface area contributed by atoms with Gasteiger partial charge in [0.2, 0.25) is 5.91 Å². The quantitative estimate of drug-likeness (QED) is 0.627. The molecule has 0 aliphatic carbocycles. The molecule has 0 fully saturated rings. The number of hydrogen-bond donors (Lipinski definition) is 1. The van der Waals surface area contributed by atoms with Crippen LogP contribution in [0.5, 0.6) is 0 Å². The zero-order valence-electron chi connectivity index (χ0n) is 13.0. The summed E-state index contributed by atoms with van der Waals surface area (Å²) in [5.74, 6) is -1.25. The fraction of sp³-hybridized carbons (Fsp3) is 0.235. The van der Waals surface area contributed by atoms with Gasteiger partial charge in [-0.25, -0.2) is 4.39 Å². The summed E-state index contributed by atoms with van der Waals surface area (Å²) in [6.45, 7) is 1.89. The van der Waals surface area contributed by atoms with Gasteiger partial charge in [0.25, 0.3) is 5.69 Å². The number of hydrogen-bond acceptors (Lipinski definition) is 3. The molecule has 0 bridgehead atoms. The van der Waals surface area contributed by atoms with Crippen molar-refractivity contribution >= 4 is 23.2 Å². The first kappa shape index (κ1) is 17.9. The maximum Gasteiger partial charge on any atom is 0.276 e. The van der Waals surface area contributed by atoms with Gasteiger partial charge in [0.1, 0.15) is 5.82 Å². The number of carbonyl (C=O) groups excluding carboxylic acids is 1. The van der Waals surface area contributed by atoms with Crippen molar-refractivity contribution in [2.75, 3.05) is 0 Å². The number of amides is 1. The van der Waals surface area contributed by atoms with Crippen molar-refractivity contribution < 1.29 is 14.1 Å². The van der Waals surface area contributed by atoms with E-state index >= 15 is 0 Å². The molecule has 2 rings (SSSR count). The van der Waals surface area contributed by atoms with E-state index in [4.69, 9.17) is 11.6 Å². The highest BCUT2D eigenvalue weighted by Gasteiger charge is 2.21. The van der Waals surface area contributed by atoms with Gasteiger partial charge in [-0.05, 0) is 30.2 Å². The molecular formula is C17H16ClFN2O3. The molecule has 7 heteroatoms. The average molecular weight is 351 g/mol. The molecule has 0 heterocycles. The van der Waals surface area contributed by atoms with Crippen LogP contribution in [-0.2, 0) is 11.2 Å². The number of nitro groups is 1. The van der Waals surface area contributed by atoms with Crippen LogP contribution in [0.25, 0.3) is 0 Å². The number of rotatable bonds is 6. The SMILES string of the molecule is CCC(NC(=O)Cc1c(F)cccc1[N+](=O)[O-])c1ccc(Cl)cc1. The van der Waals surface area contributed by atoms with Crippen LogP contribution in [-0.4, -0.2) is 10.8 Å². The summed E-state index contributed by atoms with van der Waals surface area (Å²) >= 11 is 5.84. The molecule has 0 radical (unpaired) electrons. The Hall–Kier alpha value is -2.47. The first-order chi connectivity index (χ1) is 11.4. The molecule has 2 aromatic rings. The minimum atomic E-state index is -0.765. The highest BCUT2D eigenvalue weighted by atomic mass is 35.5. The third kappa shape index (κ3) is 4.29. The highest BCUT2D eigenvalue weighted by molar-refractivity contribution is 6.30. The number of benzene rings is 2. The van der Waals surface area contributed by atoms with Crippen LogP contribution in [0, 0.1) is 15.9 Å². The molecule has 0 saturated heterocycles. The molecule has 0 aromatic heterocycles. The Kier molecular flexibility index (Phi) is 5.87. The van der Waals surface area contributed by atoms with Crippen molar-refractivity contribution in [2.24, 2.45) is 0 Å². The normalized spacial score (nSPS) is 11.8. The van der Waals surface area contributed by atoms with Gasteiger partial charge in [-0.15, -0.1) is 0 Å². The van der Waals surface area contributed by atoms with Gasteiger partial charge in [-0.3, -0.25) is 14.9 Å². The molecule has 0 aliphatic heterocycles. The Bertz CT molecular complexity index is 750. The van der Waals surface area contributed by atoms with E-state index in [0.29, 0.717) is 11.4 Å². The van der Waals surface area contributed by atoms with E-state index in [1.807, 2.05) is 6.92 Å². The minimum absolute atomic E-state index is 0.217. The lowest BCUT2D eigenvalue weighted by molar-refractivity contribution is -0.385. The van der Waals surface area contributed by atoms with E-state index in [1.54, 1.807) is 24.3 Å². The average Bonchev–Trinajstić information content (AvgIpc) is 2.55. The molecule has 1 atom stereocenters. The van der Waals surface area contributed by atoms with Crippen LogP contribution < -0.4 is 5.32 Å². The topological polar surface area (TPSA) is 72.2 Å². The molecule has 1 amide bonds. The van der Waals surface area contributed by atoms with Gasteiger partial charge in [0, 0.05) is 11.1 Å². The van der Waals surface area contributed by atoms with Crippen molar-refractivity contribution in [3.8, 4) is 0 Å². The smallest absolute Gasteiger partial charge is 0.276 e. The monoisotopic (exact) mass is 350 g/mol. The molecule has 2 aromatic carbocycles. The summed E-state index contributed by atoms with van der Waals surface area (Å²) in [5, 5.41) is 14.3. The molecular weight excluding hydrogens is 335 g/mol. The maximum atomic E-state index is 13.9.